The largest absolute Gasteiger partial charge is 0.375 e. The first kappa shape index (κ1) is 14.9. The van der Waals surface area contributed by atoms with Crippen LogP contribution in [0.3, 0.4) is 0 Å². The van der Waals surface area contributed by atoms with Crippen molar-refractivity contribution in [1.29, 1.82) is 0 Å². The van der Waals surface area contributed by atoms with Crippen LogP contribution in [0, 0.1) is 0 Å². The second-order valence-corrected chi connectivity index (χ2v) is 5.01. The van der Waals surface area contributed by atoms with E-state index in [0.29, 0.717) is 5.71 Å². The molecule has 21 heavy (non-hydrogen) atoms. The second-order valence-electron chi connectivity index (χ2n) is 4.57. The number of fused-ring (bicyclic) bond motifs is 1. The van der Waals surface area contributed by atoms with Gasteiger partial charge in [0.2, 0.25) is 5.91 Å². The van der Waals surface area contributed by atoms with Crippen molar-refractivity contribution < 1.29 is 4.79 Å². The Morgan fingerprint density at radius 3 is 2.71 bits per heavy atom. The summed E-state index contributed by atoms with van der Waals surface area (Å²) in [7, 11) is 0. The molecule has 0 saturated heterocycles. The van der Waals surface area contributed by atoms with Gasteiger partial charge < -0.3 is 11.1 Å². The van der Waals surface area contributed by atoms with Crippen molar-refractivity contribution in [2.75, 3.05) is 5.32 Å². The molecule has 0 spiro atoms. The highest BCUT2D eigenvalue weighted by atomic mass is 32.1. The fraction of sp³-hybridized carbons (Fsp3) is 0.133. The molecule has 4 N–H and O–H groups in total. The smallest absolute Gasteiger partial charge is 0.230 e. The van der Waals surface area contributed by atoms with Crippen molar-refractivity contribution in [3.63, 3.8) is 0 Å². The van der Waals surface area contributed by atoms with Crippen LogP contribution in [0.25, 0.3) is 10.8 Å². The van der Waals surface area contributed by atoms with Crippen LogP contribution in [-0.2, 0) is 4.79 Å². The lowest BCUT2D eigenvalue weighted by atomic mass is 10.1. The fourth-order valence-corrected chi connectivity index (χ4v) is 2.00. The van der Waals surface area contributed by atoms with Crippen LogP contribution in [0.4, 0.5) is 5.69 Å². The Bertz CT molecular complexity index is 706. The van der Waals surface area contributed by atoms with E-state index >= 15 is 0 Å². The Hall–Kier alpha value is -2.47. The molecule has 2 aromatic carbocycles. The highest BCUT2D eigenvalue weighted by Crippen LogP contribution is 2.22. The van der Waals surface area contributed by atoms with Crippen molar-refractivity contribution >= 4 is 45.4 Å². The maximum atomic E-state index is 12.0. The van der Waals surface area contributed by atoms with E-state index in [1.807, 2.05) is 42.5 Å². The van der Waals surface area contributed by atoms with Crippen molar-refractivity contribution in [2.45, 2.75) is 13.3 Å². The molecule has 6 heteroatoms. The van der Waals surface area contributed by atoms with E-state index in [4.69, 9.17) is 5.73 Å². The molecule has 0 aromatic heterocycles. The maximum absolute atomic E-state index is 12.0. The molecule has 0 saturated carbocycles. The lowest BCUT2D eigenvalue weighted by Crippen LogP contribution is -2.26. The third-order valence-electron chi connectivity index (χ3n) is 2.84. The van der Waals surface area contributed by atoms with Crippen LogP contribution in [0.5, 0.6) is 0 Å². The highest BCUT2D eigenvalue weighted by molar-refractivity contribution is 7.80. The summed E-state index contributed by atoms with van der Waals surface area (Å²) in [6, 6.07) is 13.7. The molecular weight excluding hydrogens is 284 g/mol. The number of hydrogen-bond donors (Lipinski definition) is 3. The number of rotatable bonds is 4. The van der Waals surface area contributed by atoms with Crippen LogP contribution in [0.1, 0.15) is 13.3 Å². The first-order valence-corrected chi connectivity index (χ1v) is 6.83. The van der Waals surface area contributed by atoms with Gasteiger partial charge in [-0.25, -0.2) is 0 Å². The summed E-state index contributed by atoms with van der Waals surface area (Å²) in [5, 5.41) is 8.96. The Morgan fingerprint density at radius 2 is 1.95 bits per heavy atom. The van der Waals surface area contributed by atoms with Gasteiger partial charge in [-0.1, -0.05) is 36.4 Å². The first-order valence-electron chi connectivity index (χ1n) is 6.42. The predicted octanol–water partition coefficient (Wildman–Crippen LogP) is 2.38. The quantitative estimate of drug-likeness (QED) is 0.460. The molecule has 0 atom stereocenters. The van der Waals surface area contributed by atoms with Crippen LogP contribution in [-0.4, -0.2) is 16.7 Å². The minimum Gasteiger partial charge on any atom is -0.375 e. The van der Waals surface area contributed by atoms with Gasteiger partial charge in [0, 0.05) is 16.8 Å². The summed E-state index contributed by atoms with van der Waals surface area (Å²) >= 11 is 4.64. The number of carbonyl (C=O) groups excluding carboxylic acids is 1. The molecule has 0 aliphatic carbocycles. The molecule has 0 radical (unpaired) electrons. The maximum Gasteiger partial charge on any atom is 0.230 e. The Balaban J connectivity index is 2.08. The zero-order valence-corrected chi connectivity index (χ0v) is 12.4. The molecule has 0 aliphatic heterocycles. The summed E-state index contributed by atoms with van der Waals surface area (Å²) in [6.45, 7) is 1.73. The third-order valence-corrected chi connectivity index (χ3v) is 2.93. The van der Waals surface area contributed by atoms with Crippen LogP contribution < -0.4 is 16.5 Å². The Morgan fingerprint density at radius 1 is 1.24 bits per heavy atom. The van der Waals surface area contributed by atoms with E-state index in [1.165, 1.54) is 0 Å². The summed E-state index contributed by atoms with van der Waals surface area (Å²) in [5.41, 5.74) is 9.11. The number of nitrogens with one attached hydrogen (secondary N) is 2. The molecule has 0 fully saturated rings. The summed E-state index contributed by atoms with van der Waals surface area (Å²) in [4.78, 5) is 12.0. The molecule has 0 aliphatic rings. The van der Waals surface area contributed by atoms with Gasteiger partial charge in [0.1, 0.15) is 0 Å². The summed E-state index contributed by atoms with van der Waals surface area (Å²) in [5.74, 6) is -0.141. The van der Waals surface area contributed by atoms with E-state index in [1.54, 1.807) is 6.92 Å². The number of amides is 1. The van der Waals surface area contributed by atoms with Crippen molar-refractivity contribution in [1.82, 2.24) is 5.43 Å². The van der Waals surface area contributed by atoms with Crippen LogP contribution in [0.2, 0.25) is 0 Å². The molecule has 1 amide bonds. The lowest BCUT2D eigenvalue weighted by molar-refractivity contribution is -0.115. The molecule has 0 unspecified atom stereocenters. The van der Waals surface area contributed by atoms with Gasteiger partial charge in [0.05, 0.1) is 6.42 Å². The molecule has 0 bridgehead atoms. The zero-order valence-electron chi connectivity index (χ0n) is 11.6. The van der Waals surface area contributed by atoms with Gasteiger partial charge in [-0.3, -0.25) is 10.2 Å². The van der Waals surface area contributed by atoms with E-state index < -0.39 is 0 Å². The zero-order chi connectivity index (χ0) is 15.2. The van der Waals surface area contributed by atoms with Crippen molar-refractivity contribution in [3.8, 4) is 0 Å². The SMILES string of the molecule is CC(CC(=O)Nc1cccc2ccccc12)=NNC(N)=S. The highest BCUT2D eigenvalue weighted by Gasteiger charge is 2.07. The average molecular weight is 300 g/mol. The van der Waals surface area contributed by atoms with Crippen LogP contribution in [0.15, 0.2) is 47.6 Å². The monoisotopic (exact) mass is 300 g/mol. The molecule has 2 aromatic rings. The van der Waals surface area contributed by atoms with Gasteiger partial charge in [-0.05, 0) is 30.6 Å². The summed E-state index contributed by atoms with van der Waals surface area (Å²) < 4.78 is 0. The topological polar surface area (TPSA) is 79.5 Å². The number of nitrogens with two attached hydrogens (primary N) is 1. The Kier molecular flexibility index (Phi) is 4.84. The van der Waals surface area contributed by atoms with Gasteiger partial charge in [-0.15, -0.1) is 0 Å². The number of anilines is 1. The molecule has 108 valence electrons. The number of nitrogens with zero attached hydrogens (tertiary/aromatic N) is 1. The molecule has 2 rings (SSSR count). The average Bonchev–Trinajstić information content (AvgIpc) is 2.45. The van der Waals surface area contributed by atoms with Crippen molar-refractivity contribution in [3.05, 3.63) is 42.5 Å². The number of hydrazone groups is 1. The fourth-order valence-electron chi connectivity index (χ4n) is 1.95. The predicted molar refractivity (Wildman–Crippen MR) is 90.2 cm³/mol. The van der Waals surface area contributed by atoms with Gasteiger partial charge in [0.25, 0.3) is 0 Å². The molecular formula is C15H16N4OS. The number of benzene rings is 2. The van der Waals surface area contributed by atoms with Gasteiger partial charge in [0.15, 0.2) is 5.11 Å². The molecule has 5 nitrogen and oxygen atoms in total. The minimum absolute atomic E-state index is 0.0730. The second kappa shape index (κ2) is 6.81. The number of thiocarbonyl (C=S) groups is 1. The van der Waals surface area contributed by atoms with Gasteiger partial charge >= 0.3 is 0 Å². The number of carbonyl (C=O) groups is 1. The van der Waals surface area contributed by atoms with Gasteiger partial charge in [-0.2, -0.15) is 5.10 Å². The van der Waals surface area contributed by atoms with E-state index in [9.17, 15) is 4.79 Å². The van der Waals surface area contributed by atoms with E-state index in [0.717, 1.165) is 16.5 Å². The van der Waals surface area contributed by atoms with E-state index in [-0.39, 0.29) is 17.4 Å². The summed E-state index contributed by atoms with van der Waals surface area (Å²) in [6.07, 6.45) is 0.166. The first-order chi connectivity index (χ1) is 10.1. The Labute approximate surface area is 128 Å². The lowest BCUT2D eigenvalue weighted by Gasteiger charge is -2.08. The third kappa shape index (κ3) is 4.25. The standard InChI is InChI=1S/C15H16N4OS/c1-10(18-19-15(16)21)9-14(20)17-13-8-4-6-11-5-2-3-7-12(11)13/h2-8H,9H2,1H3,(H,17,20)(H3,16,19,21). The van der Waals surface area contributed by atoms with E-state index in [2.05, 4.69) is 28.1 Å². The normalized spacial score (nSPS) is 11.2. The molecule has 0 heterocycles. The number of hydrogen-bond acceptors (Lipinski definition) is 3. The van der Waals surface area contributed by atoms with Crippen LogP contribution >= 0.6 is 12.2 Å². The van der Waals surface area contributed by atoms with Crippen molar-refractivity contribution in [2.24, 2.45) is 10.8 Å². The minimum atomic E-state index is -0.141.